The Morgan fingerprint density at radius 3 is 2.67 bits per heavy atom. The maximum Gasteiger partial charge on any atom is 0.123 e. The number of nitrogens with zero attached hydrogens (tertiary/aromatic N) is 1. The lowest BCUT2D eigenvalue weighted by Crippen LogP contribution is -2.06. The van der Waals surface area contributed by atoms with Gasteiger partial charge >= 0.3 is 0 Å². The van der Waals surface area contributed by atoms with E-state index in [2.05, 4.69) is 36.8 Å². The summed E-state index contributed by atoms with van der Waals surface area (Å²) in [5, 5.41) is 0.786. The van der Waals surface area contributed by atoms with Gasteiger partial charge in [0.25, 0.3) is 0 Å². The molecule has 1 aromatic heterocycles. The third-order valence-electron chi connectivity index (χ3n) is 2.75. The summed E-state index contributed by atoms with van der Waals surface area (Å²) < 4.78 is 14.2. The Labute approximate surface area is 123 Å². The second-order valence-electron chi connectivity index (χ2n) is 4.08. The van der Waals surface area contributed by atoms with Crippen molar-refractivity contribution in [1.82, 2.24) is 4.98 Å². The molecule has 0 saturated carbocycles. The number of benzene rings is 1. The van der Waals surface area contributed by atoms with Crippen molar-refractivity contribution in [3.8, 4) is 0 Å². The summed E-state index contributed by atoms with van der Waals surface area (Å²) in [5.74, 6) is 0.0385. The number of aromatic nitrogens is 1. The van der Waals surface area contributed by atoms with Gasteiger partial charge in [0.15, 0.2) is 0 Å². The average molecular weight is 373 g/mol. The van der Waals surface area contributed by atoms with Crippen molar-refractivity contribution in [2.75, 3.05) is 5.33 Å². The molecule has 0 N–H and O–H groups in total. The molecular formula is C14H12Br2FN. The summed E-state index contributed by atoms with van der Waals surface area (Å²) >= 11 is 6.85. The first kappa shape index (κ1) is 13.7. The Morgan fingerprint density at radius 1 is 1.22 bits per heavy atom. The van der Waals surface area contributed by atoms with Crippen molar-refractivity contribution in [1.29, 1.82) is 0 Å². The second kappa shape index (κ2) is 6.43. The lowest BCUT2D eigenvalue weighted by Gasteiger charge is -2.14. The molecule has 94 valence electrons. The van der Waals surface area contributed by atoms with Crippen LogP contribution in [0.25, 0.3) is 0 Å². The molecule has 0 aliphatic carbocycles. The highest BCUT2D eigenvalue weighted by Gasteiger charge is 2.12. The van der Waals surface area contributed by atoms with Gasteiger partial charge < -0.3 is 0 Å². The van der Waals surface area contributed by atoms with Crippen LogP contribution in [-0.2, 0) is 6.42 Å². The van der Waals surface area contributed by atoms with Crippen LogP contribution in [0.1, 0.15) is 17.2 Å². The van der Waals surface area contributed by atoms with E-state index < -0.39 is 0 Å². The molecule has 1 atom stereocenters. The van der Waals surface area contributed by atoms with E-state index in [9.17, 15) is 4.39 Å². The number of pyridine rings is 1. The van der Waals surface area contributed by atoms with Crippen LogP contribution in [0.15, 0.2) is 47.1 Å². The van der Waals surface area contributed by atoms with E-state index in [-0.39, 0.29) is 11.7 Å². The first-order valence-electron chi connectivity index (χ1n) is 5.61. The summed E-state index contributed by atoms with van der Waals surface area (Å²) in [4.78, 5) is 4.35. The first-order chi connectivity index (χ1) is 8.69. The molecular weight excluding hydrogens is 361 g/mol. The average Bonchev–Trinajstić information content (AvgIpc) is 2.38. The third kappa shape index (κ3) is 3.62. The Balaban J connectivity index is 2.17. The lowest BCUT2D eigenvalue weighted by atomic mass is 9.96. The van der Waals surface area contributed by atoms with E-state index in [1.807, 2.05) is 18.2 Å². The van der Waals surface area contributed by atoms with Gasteiger partial charge in [-0.25, -0.2) is 4.39 Å². The number of halogens is 3. The molecule has 1 nitrogen and oxygen atoms in total. The van der Waals surface area contributed by atoms with Crippen molar-refractivity contribution in [3.63, 3.8) is 0 Å². The van der Waals surface area contributed by atoms with Crippen LogP contribution in [0.5, 0.6) is 0 Å². The van der Waals surface area contributed by atoms with Gasteiger partial charge in [0, 0.05) is 21.7 Å². The molecule has 2 rings (SSSR count). The Bertz CT molecular complexity index is 513. The van der Waals surface area contributed by atoms with Gasteiger partial charge in [-0.1, -0.05) is 28.1 Å². The molecule has 0 aliphatic rings. The molecule has 0 bridgehead atoms. The maximum atomic E-state index is 13.2. The molecule has 0 saturated heterocycles. The fraction of sp³-hybridized carbons (Fsp3) is 0.214. The number of hydrogen-bond donors (Lipinski definition) is 0. The molecule has 0 aliphatic heterocycles. The van der Waals surface area contributed by atoms with Crippen LogP contribution in [0.2, 0.25) is 0 Å². The summed E-state index contributed by atoms with van der Waals surface area (Å²) in [6.45, 7) is 0. The highest BCUT2D eigenvalue weighted by Crippen LogP contribution is 2.23. The standard InChI is InChI=1S/C14H12Br2FN/c15-8-11(10-2-1-3-13(17)6-10)7-14-5-4-12(16)9-18-14/h1-6,9,11H,7-8H2. The predicted molar refractivity (Wildman–Crippen MR) is 78.6 cm³/mol. The summed E-state index contributed by atoms with van der Waals surface area (Å²) in [5.41, 5.74) is 2.00. The fourth-order valence-corrected chi connectivity index (χ4v) is 2.64. The molecule has 0 spiro atoms. The maximum absolute atomic E-state index is 13.2. The minimum atomic E-state index is -0.192. The van der Waals surface area contributed by atoms with Crippen molar-refractivity contribution in [2.45, 2.75) is 12.3 Å². The van der Waals surface area contributed by atoms with Crippen molar-refractivity contribution in [2.24, 2.45) is 0 Å². The molecule has 1 unspecified atom stereocenters. The Hall–Kier alpha value is -0.740. The molecule has 4 heteroatoms. The van der Waals surface area contributed by atoms with Crippen LogP contribution < -0.4 is 0 Å². The molecule has 0 radical (unpaired) electrons. The number of alkyl halides is 1. The second-order valence-corrected chi connectivity index (χ2v) is 5.64. The van der Waals surface area contributed by atoms with Gasteiger partial charge in [-0.15, -0.1) is 0 Å². The Morgan fingerprint density at radius 2 is 2.06 bits per heavy atom. The van der Waals surface area contributed by atoms with Crippen molar-refractivity contribution >= 4 is 31.9 Å². The van der Waals surface area contributed by atoms with E-state index in [0.717, 1.165) is 27.5 Å². The van der Waals surface area contributed by atoms with Crippen molar-refractivity contribution < 1.29 is 4.39 Å². The van der Waals surface area contributed by atoms with Crippen LogP contribution in [0, 0.1) is 5.82 Å². The van der Waals surface area contributed by atoms with E-state index in [1.54, 1.807) is 18.3 Å². The molecule has 0 amide bonds. The molecule has 0 fully saturated rings. The minimum Gasteiger partial charge on any atom is -0.260 e. The SMILES string of the molecule is Fc1cccc(C(CBr)Cc2ccc(Br)cn2)c1. The van der Waals surface area contributed by atoms with E-state index in [0.29, 0.717) is 0 Å². The van der Waals surface area contributed by atoms with Gasteiger partial charge in [0.1, 0.15) is 5.82 Å². The zero-order chi connectivity index (χ0) is 13.0. The van der Waals surface area contributed by atoms with E-state index in [4.69, 9.17) is 0 Å². The van der Waals surface area contributed by atoms with Gasteiger partial charge in [0.2, 0.25) is 0 Å². The third-order valence-corrected chi connectivity index (χ3v) is 4.00. The van der Waals surface area contributed by atoms with E-state index >= 15 is 0 Å². The molecule has 2 aromatic rings. The van der Waals surface area contributed by atoms with Gasteiger partial charge in [-0.3, -0.25) is 4.98 Å². The lowest BCUT2D eigenvalue weighted by molar-refractivity contribution is 0.621. The van der Waals surface area contributed by atoms with E-state index in [1.165, 1.54) is 6.07 Å². The largest absolute Gasteiger partial charge is 0.260 e. The quantitative estimate of drug-likeness (QED) is 0.708. The zero-order valence-corrected chi connectivity index (χ0v) is 12.8. The van der Waals surface area contributed by atoms with Crippen molar-refractivity contribution in [3.05, 3.63) is 64.1 Å². The normalized spacial score (nSPS) is 12.4. The smallest absolute Gasteiger partial charge is 0.123 e. The molecule has 1 heterocycles. The summed E-state index contributed by atoms with van der Waals surface area (Å²) in [7, 11) is 0. The fourth-order valence-electron chi connectivity index (χ4n) is 1.80. The molecule has 18 heavy (non-hydrogen) atoms. The zero-order valence-electron chi connectivity index (χ0n) is 9.61. The monoisotopic (exact) mass is 371 g/mol. The van der Waals surface area contributed by atoms with Crippen LogP contribution >= 0.6 is 31.9 Å². The topological polar surface area (TPSA) is 12.9 Å². The van der Waals surface area contributed by atoms with Gasteiger partial charge in [0.05, 0.1) is 0 Å². The molecule has 1 aromatic carbocycles. The predicted octanol–water partition coefficient (Wildman–Crippen LogP) is 4.70. The highest BCUT2D eigenvalue weighted by molar-refractivity contribution is 9.10. The summed E-state index contributed by atoms with van der Waals surface area (Å²) in [6, 6.07) is 10.7. The first-order valence-corrected chi connectivity index (χ1v) is 7.52. The minimum absolute atomic E-state index is 0.192. The van der Waals surface area contributed by atoms with Crippen LogP contribution in [-0.4, -0.2) is 10.3 Å². The van der Waals surface area contributed by atoms with Crippen LogP contribution in [0.4, 0.5) is 4.39 Å². The summed E-state index contributed by atoms with van der Waals surface area (Å²) in [6.07, 6.45) is 2.58. The number of rotatable bonds is 4. The number of hydrogen-bond acceptors (Lipinski definition) is 1. The Kier molecular flexibility index (Phi) is 4.89. The van der Waals surface area contributed by atoms with Gasteiger partial charge in [-0.05, 0) is 58.1 Å². The highest BCUT2D eigenvalue weighted by atomic mass is 79.9. The van der Waals surface area contributed by atoms with Crippen LogP contribution in [0.3, 0.4) is 0 Å². The van der Waals surface area contributed by atoms with Gasteiger partial charge in [-0.2, -0.15) is 0 Å².